The highest BCUT2D eigenvalue weighted by Gasteiger charge is 2.46. The van der Waals surface area contributed by atoms with Gasteiger partial charge in [0.2, 0.25) is 5.91 Å². The summed E-state index contributed by atoms with van der Waals surface area (Å²) >= 11 is 1.96. The maximum absolute atomic E-state index is 12.9. The Morgan fingerprint density at radius 2 is 2.05 bits per heavy atom. The average Bonchev–Trinajstić information content (AvgIpc) is 3.01. The number of carbonyl (C=O) groups is 1. The third kappa shape index (κ3) is 3.01. The lowest BCUT2D eigenvalue weighted by Crippen LogP contribution is -2.46. The smallest absolute Gasteiger partial charge is 0.241 e. The quantitative estimate of drug-likeness (QED) is 0.846. The normalized spacial score (nSPS) is 36.1. The van der Waals surface area contributed by atoms with Gasteiger partial charge in [-0.1, -0.05) is 34.1 Å². The summed E-state index contributed by atoms with van der Waals surface area (Å²) in [6, 6.07) is 0.481. The Balaban J connectivity index is 2.14. The van der Waals surface area contributed by atoms with E-state index in [0.717, 1.165) is 11.7 Å². The predicted octanol–water partition coefficient (Wildman–Crippen LogP) is 3.10. The van der Waals surface area contributed by atoms with Crippen molar-refractivity contribution in [2.45, 2.75) is 76.9 Å². The molecule has 2 aliphatic rings. The summed E-state index contributed by atoms with van der Waals surface area (Å²) in [5.41, 5.74) is 0. The van der Waals surface area contributed by atoms with Gasteiger partial charge in [0.1, 0.15) is 0 Å². The van der Waals surface area contributed by atoms with Gasteiger partial charge in [0.05, 0.1) is 12.2 Å². The van der Waals surface area contributed by atoms with Crippen molar-refractivity contribution in [1.82, 2.24) is 10.2 Å². The molecule has 5 unspecified atom stereocenters. The molecule has 1 amide bonds. The molecule has 0 aromatic heterocycles. The van der Waals surface area contributed by atoms with E-state index in [4.69, 9.17) is 0 Å². The van der Waals surface area contributed by atoms with Crippen LogP contribution in [-0.2, 0) is 4.79 Å². The van der Waals surface area contributed by atoms with E-state index in [-0.39, 0.29) is 12.2 Å². The number of amides is 1. The van der Waals surface area contributed by atoms with Crippen LogP contribution < -0.4 is 5.32 Å². The van der Waals surface area contributed by atoms with E-state index in [2.05, 4.69) is 44.2 Å². The first-order valence-electron chi connectivity index (χ1n) is 8.10. The first kappa shape index (κ1) is 16.2. The van der Waals surface area contributed by atoms with E-state index in [9.17, 15) is 4.79 Å². The molecule has 0 bridgehead atoms. The number of thioether (sulfide) groups is 1. The van der Waals surface area contributed by atoms with Gasteiger partial charge in [-0.05, 0) is 37.4 Å². The van der Waals surface area contributed by atoms with Gasteiger partial charge in [-0.25, -0.2) is 0 Å². The zero-order valence-electron chi connectivity index (χ0n) is 13.6. The minimum absolute atomic E-state index is 0.0285. The zero-order valence-corrected chi connectivity index (χ0v) is 14.4. The summed E-state index contributed by atoms with van der Waals surface area (Å²) in [5.74, 6) is 1.25. The van der Waals surface area contributed by atoms with Crippen molar-refractivity contribution in [1.29, 1.82) is 0 Å². The first-order valence-corrected chi connectivity index (χ1v) is 9.39. The van der Waals surface area contributed by atoms with Gasteiger partial charge in [-0.3, -0.25) is 10.1 Å². The fraction of sp³-hybridized carbons (Fsp3) is 0.938. The molecule has 2 rings (SSSR count). The number of rotatable bonds is 5. The minimum Gasteiger partial charge on any atom is -0.322 e. The summed E-state index contributed by atoms with van der Waals surface area (Å²) in [6.45, 7) is 8.80. The molecule has 1 N–H and O–H groups in total. The molecule has 5 atom stereocenters. The second kappa shape index (κ2) is 6.69. The Kier molecular flexibility index (Phi) is 5.41. The molecule has 20 heavy (non-hydrogen) atoms. The van der Waals surface area contributed by atoms with Gasteiger partial charge < -0.3 is 4.90 Å². The van der Waals surface area contributed by atoms with E-state index >= 15 is 0 Å². The lowest BCUT2D eigenvalue weighted by Gasteiger charge is -2.32. The topological polar surface area (TPSA) is 32.3 Å². The van der Waals surface area contributed by atoms with E-state index in [1.54, 1.807) is 0 Å². The van der Waals surface area contributed by atoms with Crippen LogP contribution in [0.5, 0.6) is 0 Å². The van der Waals surface area contributed by atoms with Crippen LogP contribution in [0, 0.1) is 11.8 Å². The molecule has 4 heteroatoms. The van der Waals surface area contributed by atoms with Gasteiger partial charge in [0, 0.05) is 11.3 Å². The molecular formula is C16H30N2OS. The van der Waals surface area contributed by atoms with Crippen LogP contribution in [0.1, 0.15) is 53.4 Å². The summed E-state index contributed by atoms with van der Waals surface area (Å²) in [5, 5.41) is 4.36. The van der Waals surface area contributed by atoms with Gasteiger partial charge in [-0.2, -0.15) is 11.8 Å². The molecule has 1 saturated heterocycles. The molecule has 0 spiro atoms. The highest BCUT2D eigenvalue weighted by molar-refractivity contribution is 7.99. The number of nitrogens with one attached hydrogen (secondary N) is 1. The standard InChI is InChI=1S/C16H30N2OS/c1-6-11(4)14-16(19)18(15(17-14)10(2)3)12-7-8-13(9-12)20-5/h10-15,17H,6-9H2,1-5H3. The molecule has 0 aromatic carbocycles. The van der Waals surface area contributed by atoms with E-state index in [0.29, 0.717) is 23.8 Å². The highest BCUT2D eigenvalue weighted by Crippen LogP contribution is 2.36. The third-order valence-corrected chi connectivity index (χ3v) is 6.19. The van der Waals surface area contributed by atoms with Crippen molar-refractivity contribution < 1.29 is 4.79 Å². The van der Waals surface area contributed by atoms with Crippen LogP contribution in [0.15, 0.2) is 0 Å². The monoisotopic (exact) mass is 298 g/mol. The van der Waals surface area contributed by atoms with Gasteiger partial charge >= 0.3 is 0 Å². The number of nitrogens with zero attached hydrogens (tertiary/aromatic N) is 1. The Morgan fingerprint density at radius 3 is 2.55 bits per heavy atom. The largest absolute Gasteiger partial charge is 0.322 e. The van der Waals surface area contributed by atoms with Crippen molar-refractivity contribution in [3.05, 3.63) is 0 Å². The van der Waals surface area contributed by atoms with E-state index in [1.807, 2.05) is 11.8 Å². The Bertz CT molecular complexity index is 347. The summed E-state index contributed by atoms with van der Waals surface area (Å²) in [7, 11) is 0. The van der Waals surface area contributed by atoms with Crippen molar-refractivity contribution in [2.75, 3.05) is 6.26 Å². The van der Waals surface area contributed by atoms with Crippen LogP contribution in [0.25, 0.3) is 0 Å². The Morgan fingerprint density at radius 1 is 1.35 bits per heavy atom. The molecular weight excluding hydrogens is 268 g/mol. The van der Waals surface area contributed by atoms with Crippen LogP contribution in [-0.4, -0.2) is 40.6 Å². The molecule has 0 aromatic rings. The van der Waals surface area contributed by atoms with Crippen LogP contribution in [0.3, 0.4) is 0 Å². The van der Waals surface area contributed by atoms with Crippen molar-refractivity contribution in [2.24, 2.45) is 11.8 Å². The van der Waals surface area contributed by atoms with Crippen LogP contribution >= 0.6 is 11.8 Å². The maximum atomic E-state index is 12.9. The number of hydrogen-bond acceptors (Lipinski definition) is 3. The molecule has 0 radical (unpaired) electrons. The molecule has 116 valence electrons. The second-order valence-electron chi connectivity index (χ2n) is 6.79. The highest BCUT2D eigenvalue weighted by atomic mass is 32.2. The SMILES string of the molecule is CCC(C)C1NC(C(C)C)N(C2CCC(SC)C2)C1=O. The Labute approximate surface area is 128 Å². The number of carbonyl (C=O) groups excluding carboxylic acids is 1. The fourth-order valence-electron chi connectivity index (χ4n) is 3.58. The predicted molar refractivity (Wildman–Crippen MR) is 86.8 cm³/mol. The summed E-state index contributed by atoms with van der Waals surface area (Å²) in [4.78, 5) is 15.1. The molecule has 1 heterocycles. The van der Waals surface area contributed by atoms with E-state index < -0.39 is 0 Å². The number of hydrogen-bond donors (Lipinski definition) is 1. The molecule has 1 saturated carbocycles. The minimum atomic E-state index is 0.0285. The third-order valence-electron chi connectivity index (χ3n) is 5.10. The van der Waals surface area contributed by atoms with Crippen molar-refractivity contribution >= 4 is 17.7 Å². The lowest BCUT2D eigenvalue weighted by molar-refractivity contribution is -0.133. The van der Waals surface area contributed by atoms with Crippen LogP contribution in [0.2, 0.25) is 0 Å². The Hall–Kier alpha value is -0.220. The lowest BCUT2D eigenvalue weighted by atomic mass is 9.99. The van der Waals surface area contributed by atoms with Gasteiger partial charge in [0.15, 0.2) is 0 Å². The van der Waals surface area contributed by atoms with E-state index in [1.165, 1.54) is 19.3 Å². The van der Waals surface area contributed by atoms with Crippen molar-refractivity contribution in [3.8, 4) is 0 Å². The summed E-state index contributed by atoms with van der Waals surface area (Å²) in [6.07, 6.45) is 7.08. The van der Waals surface area contributed by atoms with Crippen LogP contribution in [0.4, 0.5) is 0 Å². The molecule has 1 aliphatic heterocycles. The molecule has 3 nitrogen and oxygen atoms in total. The maximum Gasteiger partial charge on any atom is 0.241 e. The van der Waals surface area contributed by atoms with Gasteiger partial charge in [0.25, 0.3) is 0 Å². The first-order chi connectivity index (χ1) is 9.49. The van der Waals surface area contributed by atoms with Crippen molar-refractivity contribution in [3.63, 3.8) is 0 Å². The van der Waals surface area contributed by atoms with Gasteiger partial charge in [-0.15, -0.1) is 0 Å². The average molecular weight is 298 g/mol. The summed E-state index contributed by atoms with van der Waals surface area (Å²) < 4.78 is 0. The zero-order chi connectivity index (χ0) is 14.9. The molecule has 2 fully saturated rings. The fourth-order valence-corrected chi connectivity index (χ4v) is 4.37. The second-order valence-corrected chi connectivity index (χ2v) is 7.93. The molecule has 1 aliphatic carbocycles.